The molecule has 0 bridgehead atoms. The van der Waals surface area contributed by atoms with Crippen LogP contribution >= 0.6 is 0 Å². The van der Waals surface area contributed by atoms with E-state index in [4.69, 9.17) is 9.47 Å². The molecule has 4 heteroatoms. The van der Waals surface area contributed by atoms with Gasteiger partial charge in [0.15, 0.2) is 0 Å². The van der Waals surface area contributed by atoms with Crippen LogP contribution in [0.3, 0.4) is 0 Å². The van der Waals surface area contributed by atoms with Crippen molar-refractivity contribution in [3.05, 3.63) is 47.5 Å². The van der Waals surface area contributed by atoms with E-state index in [2.05, 4.69) is 6.08 Å². The zero-order valence-electron chi connectivity index (χ0n) is 13.4. The molecule has 0 aromatic heterocycles. The van der Waals surface area contributed by atoms with Gasteiger partial charge in [0.25, 0.3) is 0 Å². The lowest BCUT2D eigenvalue weighted by molar-refractivity contribution is -0.152. The van der Waals surface area contributed by atoms with Gasteiger partial charge >= 0.3 is 11.9 Å². The first-order valence-corrected chi connectivity index (χ1v) is 8.21. The van der Waals surface area contributed by atoms with Crippen LogP contribution in [-0.2, 0) is 25.7 Å². The molecule has 1 aliphatic heterocycles. The lowest BCUT2D eigenvalue weighted by atomic mass is 9.78. The Kier molecular flexibility index (Phi) is 4.51. The molecule has 3 rings (SSSR count). The lowest BCUT2D eigenvalue weighted by Crippen LogP contribution is -2.24. The van der Waals surface area contributed by atoms with E-state index in [1.807, 2.05) is 37.3 Å². The van der Waals surface area contributed by atoms with Crippen molar-refractivity contribution in [3.63, 3.8) is 0 Å². The highest BCUT2D eigenvalue weighted by atomic mass is 16.6. The maximum absolute atomic E-state index is 12.2. The molecule has 1 unspecified atom stereocenters. The van der Waals surface area contributed by atoms with Crippen LogP contribution in [0, 0.1) is 5.41 Å². The summed E-state index contributed by atoms with van der Waals surface area (Å²) in [6.07, 6.45) is 5.56. The summed E-state index contributed by atoms with van der Waals surface area (Å²) in [6.45, 7) is 2.18. The fourth-order valence-corrected chi connectivity index (χ4v) is 3.38. The lowest BCUT2D eigenvalue weighted by Gasteiger charge is -2.20. The van der Waals surface area contributed by atoms with Crippen molar-refractivity contribution in [2.24, 2.45) is 5.41 Å². The van der Waals surface area contributed by atoms with Crippen LogP contribution in [0.2, 0.25) is 0 Å². The molecule has 0 spiro atoms. The number of hydrogen-bond donors (Lipinski definition) is 0. The Morgan fingerprint density at radius 2 is 2.09 bits per heavy atom. The van der Waals surface area contributed by atoms with Crippen LogP contribution in [-0.4, -0.2) is 18.0 Å². The van der Waals surface area contributed by atoms with Crippen molar-refractivity contribution < 1.29 is 19.1 Å². The highest BCUT2D eigenvalue weighted by Crippen LogP contribution is 2.46. The predicted octanol–water partition coefficient (Wildman–Crippen LogP) is 3.55. The number of benzene rings is 1. The molecule has 1 saturated heterocycles. The molecule has 0 radical (unpaired) electrons. The minimum absolute atomic E-state index is 0.0972. The van der Waals surface area contributed by atoms with Gasteiger partial charge < -0.3 is 9.47 Å². The van der Waals surface area contributed by atoms with Crippen LogP contribution in [0.5, 0.6) is 0 Å². The fraction of sp³-hybridized carbons (Fsp3) is 0.474. The zero-order valence-corrected chi connectivity index (χ0v) is 13.4. The van der Waals surface area contributed by atoms with Gasteiger partial charge in [0.1, 0.15) is 12.7 Å². The topological polar surface area (TPSA) is 52.6 Å². The molecule has 4 nitrogen and oxygen atoms in total. The SMILES string of the molecule is C[C@]12CCCCC=C1C(CC(=O)OCc1ccccc1)OC2=O. The summed E-state index contributed by atoms with van der Waals surface area (Å²) < 4.78 is 10.8. The van der Waals surface area contributed by atoms with E-state index in [1.165, 1.54) is 0 Å². The second kappa shape index (κ2) is 6.57. The first-order valence-electron chi connectivity index (χ1n) is 8.21. The number of rotatable bonds is 4. The van der Waals surface area contributed by atoms with E-state index in [1.54, 1.807) is 0 Å². The molecule has 0 amide bonds. The van der Waals surface area contributed by atoms with Crippen molar-refractivity contribution in [2.75, 3.05) is 0 Å². The third-order valence-electron chi connectivity index (χ3n) is 4.77. The van der Waals surface area contributed by atoms with Crippen LogP contribution < -0.4 is 0 Å². The number of fused-ring (bicyclic) bond motifs is 1. The summed E-state index contributed by atoms with van der Waals surface area (Å²) in [5.41, 5.74) is 1.36. The fourth-order valence-electron chi connectivity index (χ4n) is 3.38. The van der Waals surface area contributed by atoms with Gasteiger partial charge in [0, 0.05) is 0 Å². The molecule has 1 aromatic rings. The highest BCUT2D eigenvalue weighted by molar-refractivity contribution is 5.85. The first-order chi connectivity index (χ1) is 11.1. The van der Waals surface area contributed by atoms with E-state index in [-0.39, 0.29) is 25.0 Å². The Bertz CT molecular complexity index is 620. The van der Waals surface area contributed by atoms with Gasteiger partial charge in [-0.05, 0) is 37.3 Å². The Labute approximate surface area is 136 Å². The van der Waals surface area contributed by atoms with Gasteiger partial charge in [-0.3, -0.25) is 9.59 Å². The number of hydrogen-bond acceptors (Lipinski definition) is 4. The standard InChI is InChI=1S/C19H22O4/c1-19-11-7-3-6-10-15(19)16(23-18(19)21)12-17(20)22-13-14-8-4-2-5-9-14/h2,4-5,8-10,16H,3,6-7,11-13H2,1H3/t16?,19-/m0/s1. The van der Waals surface area contributed by atoms with E-state index in [0.29, 0.717) is 0 Å². The van der Waals surface area contributed by atoms with E-state index >= 15 is 0 Å². The van der Waals surface area contributed by atoms with E-state index in [0.717, 1.165) is 36.8 Å². The molecule has 1 fully saturated rings. The summed E-state index contributed by atoms with van der Waals surface area (Å²) in [5, 5.41) is 0. The minimum Gasteiger partial charge on any atom is -0.461 e. The Hall–Kier alpha value is -2.10. The van der Waals surface area contributed by atoms with Gasteiger partial charge in [0.05, 0.1) is 11.8 Å². The molecular formula is C19H22O4. The smallest absolute Gasteiger partial charge is 0.316 e. The van der Waals surface area contributed by atoms with Crippen molar-refractivity contribution in [2.45, 2.75) is 51.7 Å². The van der Waals surface area contributed by atoms with Gasteiger partial charge in [-0.1, -0.05) is 42.8 Å². The van der Waals surface area contributed by atoms with Crippen LogP contribution in [0.25, 0.3) is 0 Å². The molecule has 0 N–H and O–H groups in total. The average Bonchev–Trinajstić information content (AvgIpc) is 2.70. The van der Waals surface area contributed by atoms with Gasteiger partial charge in [-0.15, -0.1) is 0 Å². The monoisotopic (exact) mass is 314 g/mol. The van der Waals surface area contributed by atoms with Crippen molar-refractivity contribution in [1.29, 1.82) is 0 Å². The third kappa shape index (κ3) is 3.31. The largest absolute Gasteiger partial charge is 0.461 e. The zero-order chi connectivity index (χ0) is 16.3. The molecule has 0 saturated carbocycles. The first kappa shape index (κ1) is 15.8. The Balaban J connectivity index is 1.62. The molecule has 1 aromatic carbocycles. The summed E-state index contributed by atoms with van der Waals surface area (Å²) in [6, 6.07) is 9.55. The van der Waals surface area contributed by atoms with E-state index < -0.39 is 11.5 Å². The van der Waals surface area contributed by atoms with Crippen LogP contribution in [0.1, 0.15) is 44.6 Å². The summed E-state index contributed by atoms with van der Waals surface area (Å²) in [5.74, 6) is -0.535. The average molecular weight is 314 g/mol. The quantitative estimate of drug-likeness (QED) is 0.630. The second-order valence-electron chi connectivity index (χ2n) is 6.48. The number of ether oxygens (including phenoxy) is 2. The van der Waals surface area contributed by atoms with Gasteiger partial charge in [0.2, 0.25) is 0 Å². The normalized spacial score (nSPS) is 26.7. The van der Waals surface area contributed by atoms with E-state index in [9.17, 15) is 9.59 Å². The van der Waals surface area contributed by atoms with Gasteiger partial charge in [-0.2, -0.15) is 0 Å². The number of carbonyl (C=O) groups excluding carboxylic acids is 2. The number of carbonyl (C=O) groups is 2. The molecule has 2 aliphatic rings. The predicted molar refractivity (Wildman–Crippen MR) is 85.4 cm³/mol. The number of cyclic esters (lactones) is 1. The minimum atomic E-state index is -0.555. The summed E-state index contributed by atoms with van der Waals surface area (Å²) in [7, 11) is 0. The molecule has 1 heterocycles. The van der Waals surface area contributed by atoms with Crippen molar-refractivity contribution in [1.82, 2.24) is 0 Å². The molecule has 122 valence electrons. The molecule has 23 heavy (non-hydrogen) atoms. The second-order valence-corrected chi connectivity index (χ2v) is 6.48. The Morgan fingerprint density at radius 1 is 1.30 bits per heavy atom. The van der Waals surface area contributed by atoms with Gasteiger partial charge in [-0.25, -0.2) is 0 Å². The summed E-state index contributed by atoms with van der Waals surface area (Å²) >= 11 is 0. The highest BCUT2D eigenvalue weighted by Gasteiger charge is 2.50. The Morgan fingerprint density at radius 3 is 2.87 bits per heavy atom. The van der Waals surface area contributed by atoms with Crippen molar-refractivity contribution in [3.8, 4) is 0 Å². The van der Waals surface area contributed by atoms with Crippen molar-refractivity contribution >= 4 is 11.9 Å². The summed E-state index contributed by atoms with van der Waals surface area (Å²) in [4.78, 5) is 24.3. The maximum Gasteiger partial charge on any atom is 0.316 e. The third-order valence-corrected chi connectivity index (χ3v) is 4.77. The van der Waals surface area contributed by atoms with Crippen LogP contribution in [0.4, 0.5) is 0 Å². The molecule has 2 atom stereocenters. The maximum atomic E-state index is 12.2. The molecule has 1 aliphatic carbocycles. The number of allylic oxidation sites excluding steroid dienone is 1. The van der Waals surface area contributed by atoms with Crippen LogP contribution in [0.15, 0.2) is 42.0 Å². The molecular weight excluding hydrogens is 292 g/mol. The number of esters is 2.